The number of nitrogens with zero attached hydrogens (tertiary/aromatic N) is 2. The zero-order valence-electron chi connectivity index (χ0n) is 20.1. The van der Waals surface area contributed by atoms with Gasteiger partial charge in [-0.3, -0.25) is 0 Å². The maximum Gasteiger partial charge on any atom is 2.00 e. The Hall–Kier alpha value is -1.05. The molecule has 1 aromatic rings. The molecule has 1 aliphatic heterocycles. The molecule has 1 aromatic carbocycles. The SMILES string of the molecule is CC1=C(C)N(C)[CH-]N1C.Cc1c(C)c(C)[c-](C)c1C.[C-]#[O+].[CH2-]CC(C)(C)C.[Fe+2]. The summed E-state index contributed by atoms with van der Waals surface area (Å²) in [6.45, 7) is 32.1. The fourth-order valence-corrected chi connectivity index (χ4v) is 2.35. The first-order chi connectivity index (χ1) is 12.2. The Bertz CT molecular complexity index is 537. The van der Waals surface area contributed by atoms with Gasteiger partial charge in [0.15, 0.2) is 0 Å². The third-order valence-corrected chi connectivity index (χ3v) is 5.49. The van der Waals surface area contributed by atoms with E-state index in [0.29, 0.717) is 5.41 Å². The summed E-state index contributed by atoms with van der Waals surface area (Å²) in [4.78, 5) is 4.24. The molecule has 0 spiro atoms. The van der Waals surface area contributed by atoms with Crippen LogP contribution in [0.1, 0.15) is 68.9 Å². The van der Waals surface area contributed by atoms with Crippen molar-refractivity contribution >= 4 is 0 Å². The second-order valence-corrected chi connectivity index (χ2v) is 8.44. The van der Waals surface area contributed by atoms with Crippen LogP contribution < -0.4 is 0 Å². The summed E-state index contributed by atoms with van der Waals surface area (Å²) in [5, 5.41) is 0. The zero-order chi connectivity index (χ0) is 22.1. The first kappa shape index (κ1) is 31.6. The van der Waals surface area contributed by atoms with Crippen LogP contribution in [-0.2, 0) is 21.7 Å². The second-order valence-electron chi connectivity index (χ2n) is 8.44. The average Bonchev–Trinajstić information content (AvgIpc) is 2.94. The predicted molar refractivity (Wildman–Crippen MR) is 117 cm³/mol. The van der Waals surface area contributed by atoms with Gasteiger partial charge in [-0.2, -0.15) is 40.9 Å². The van der Waals surface area contributed by atoms with E-state index in [2.05, 4.69) is 113 Å². The van der Waals surface area contributed by atoms with E-state index < -0.39 is 0 Å². The molecule has 162 valence electrons. The Morgan fingerprint density at radius 2 is 1.14 bits per heavy atom. The fraction of sp³-hybridized carbons (Fsp3) is 0.583. The van der Waals surface area contributed by atoms with Crippen LogP contribution in [0.4, 0.5) is 0 Å². The largest absolute Gasteiger partial charge is 2.00 e. The first-order valence-corrected chi connectivity index (χ1v) is 9.42. The Morgan fingerprint density at radius 3 is 1.21 bits per heavy atom. The van der Waals surface area contributed by atoms with Crippen LogP contribution in [-0.4, -0.2) is 23.9 Å². The van der Waals surface area contributed by atoms with Crippen molar-refractivity contribution in [3.05, 3.63) is 59.5 Å². The maximum atomic E-state index is 7.50. The van der Waals surface area contributed by atoms with Crippen LogP contribution in [0.2, 0.25) is 0 Å². The predicted octanol–water partition coefficient (Wildman–Crippen LogP) is 6.40. The van der Waals surface area contributed by atoms with Crippen molar-refractivity contribution in [1.29, 1.82) is 0 Å². The molecule has 0 fully saturated rings. The van der Waals surface area contributed by atoms with Gasteiger partial charge in [0.05, 0.1) is 0 Å². The van der Waals surface area contributed by atoms with Gasteiger partial charge in [0, 0.05) is 0 Å². The van der Waals surface area contributed by atoms with E-state index in [1.807, 2.05) is 0 Å². The van der Waals surface area contributed by atoms with Crippen LogP contribution in [0.15, 0.2) is 11.4 Å². The van der Waals surface area contributed by atoms with Gasteiger partial charge in [-0.25, -0.2) is 0 Å². The van der Waals surface area contributed by atoms with Crippen LogP contribution in [0.25, 0.3) is 0 Å². The Kier molecular flexibility index (Phi) is 15.8. The van der Waals surface area contributed by atoms with Crippen molar-refractivity contribution in [1.82, 2.24) is 9.80 Å². The van der Waals surface area contributed by atoms with Gasteiger partial charge in [0.2, 0.25) is 0 Å². The van der Waals surface area contributed by atoms with Crippen molar-refractivity contribution in [2.75, 3.05) is 14.1 Å². The standard InChI is InChI=1S/C10H15.C7H13N2.C6H13.CO.Fe/c1-6-7(2)9(4)10(5)8(6)3;1-6-7(2)9(4)5-8(6)3;1-5-6(2,3)4;1-2;/h1-5H3;5H,1-4H3;1,5H2,2-4H3;;/q3*-1;;+2. The monoisotopic (exact) mass is 429 g/mol. The van der Waals surface area contributed by atoms with Crippen molar-refractivity contribution in [3.8, 4) is 0 Å². The van der Waals surface area contributed by atoms with Crippen LogP contribution in [0.5, 0.6) is 0 Å². The van der Waals surface area contributed by atoms with Crippen LogP contribution >= 0.6 is 0 Å². The van der Waals surface area contributed by atoms with Gasteiger partial charge in [-0.05, 0) is 39.3 Å². The number of hydrogen-bond donors (Lipinski definition) is 0. The zero-order valence-corrected chi connectivity index (χ0v) is 21.3. The molecule has 0 aromatic heterocycles. The van der Waals surface area contributed by atoms with Crippen LogP contribution in [0, 0.1) is 60.3 Å². The van der Waals surface area contributed by atoms with E-state index in [1.165, 1.54) is 39.2 Å². The molecule has 1 heterocycles. The molecule has 0 atom stereocenters. The Morgan fingerprint density at radius 1 is 0.893 bits per heavy atom. The Balaban J connectivity index is -0.000000324. The van der Waals surface area contributed by atoms with Crippen molar-refractivity contribution in [2.45, 2.75) is 75.7 Å². The average molecular weight is 429 g/mol. The van der Waals surface area contributed by atoms with Gasteiger partial charge in [0.25, 0.3) is 0 Å². The quantitative estimate of drug-likeness (QED) is 0.271. The summed E-state index contributed by atoms with van der Waals surface area (Å²) >= 11 is 0. The summed E-state index contributed by atoms with van der Waals surface area (Å²) < 4.78 is 7.50. The smallest absolute Gasteiger partial charge is 0.343 e. The van der Waals surface area contributed by atoms with Crippen molar-refractivity contribution in [2.24, 2.45) is 5.41 Å². The van der Waals surface area contributed by atoms with Gasteiger partial charge in [-0.1, -0.05) is 60.8 Å². The van der Waals surface area contributed by atoms with E-state index in [1.54, 1.807) is 0 Å². The van der Waals surface area contributed by atoms with Gasteiger partial charge < -0.3 is 16.7 Å². The molecule has 0 amide bonds. The molecule has 0 aliphatic carbocycles. The van der Waals surface area contributed by atoms with Crippen LogP contribution in [0.3, 0.4) is 0 Å². The topological polar surface area (TPSA) is 26.4 Å². The normalized spacial score (nSPS) is 12.8. The van der Waals surface area contributed by atoms with Crippen molar-refractivity contribution < 1.29 is 21.7 Å². The summed E-state index contributed by atoms with van der Waals surface area (Å²) in [6.07, 6.45) is 1.02. The molecule has 0 saturated heterocycles. The third-order valence-electron chi connectivity index (χ3n) is 5.49. The number of rotatable bonds is 0. The summed E-state index contributed by atoms with van der Waals surface area (Å²) in [5.74, 6) is 0. The first-order valence-electron chi connectivity index (χ1n) is 9.42. The summed E-state index contributed by atoms with van der Waals surface area (Å²) in [7, 11) is 4.12. The minimum Gasteiger partial charge on any atom is -0.343 e. The van der Waals surface area contributed by atoms with Gasteiger partial charge in [0.1, 0.15) is 0 Å². The molecule has 0 unspecified atom stereocenters. The molecule has 3 nitrogen and oxygen atoms in total. The molecule has 0 radical (unpaired) electrons. The van der Waals surface area contributed by atoms with E-state index >= 15 is 0 Å². The van der Waals surface area contributed by atoms with Gasteiger partial charge >= 0.3 is 28.4 Å². The third kappa shape index (κ3) is 9.94. The minimum absolute atomic E-state index is 0. The Labute approximate surface area is 186 Å². The fourth-order valence-electron chi connectivity index (χ4n) is 2.35. The molecular weight excluding hydrogens is 388 g/mol. The van der Waals surface area contributed by atoms with E-state index in [-0.39, 0.29) is 17.1 Å². The van der Waals surface area contributed by atoms with Crippen molar-refractivity contribution in [3.63, 3.8) is 0 Å². The van der Waals surface area contributed by atoms with Gasteiger partial charge in [-0.15, -0.1) is 0 Å². The molecule has 0 saturated carbocycles. The molecular formula is C24H41FeN2O-. The van der Waals surface area contributed by atoms with E-state index in [9.17, 15) is 0 Å². The molecule has 28 heavy (non-hydrogen) atoms. The number of hydrogen-bond acceptors (Lipinski definition) is 2. The molecule has 1 aliphatic rings. The minimum atomic E-state index is 0. The van der Waals surface area contributed by atoms with E-state index in [4.69, 9.17) is 4.65 Å². The second kappa shape index (κ2) is 14.0. The molecule has 2 rings (SSSR count). The molecule has 0 bridgehead atoms. The molecule has 0 N–H and O–H groups in total. The summed E-state index contributed by atoms with van der Waals surface area (Å²) in [6, 6.07) is 0. The molecule has 4 heteroatoms. The summed E-state index contributed by atoms with van der Waals surface area (Å²) in [5.41, 5.74) is 10.4. The van der Waals surface area contributed by atoms with E-state index in [0.717, 1.165) is 6.42 Å². The number of allylic oxidation sites excluding steroid dienone is 2. The maximum absolute atomic E-state index is 7.50.